The highest BCUT2D eigenvalue weighted by atomic mass is 17.5. The van der Waals surface area contributed by atoms with Crippen molar-refractivity contribution >= 4 is 5.97 Å². The van der Waals surface area contributed by atoms with E-state index in [2.05, 4.69) is 32.7 Å². The van der Waals surface area contributed by atoms with Gasteiger partial charge in [-0.25, -0.2) is 4.79 Å². The zero-order valence-electron chi connectivity index (χ0n) is 15.0. The molecule has 0 aromatic carbocycles. The Balaban J connectivity index is 4.22. The summed E-state index contributed by atoms with van der Waals surface area (Å²) in [4.78, 5) is 21.6. The summed E-state index contributed by atoms with van der Waals surface area (Å²) in [5.74, 6) is -0.0338. The lowest BCUT2D eigenvalue weighted by Crippen LogP contribution is -2.25. The molecule has 1 atom stereocenters. The zero-order chi connectivity index (χ0) is 16.5. The van der Waals surface area contributed by atoms with Gasteiger partial charge in [0.2, 0.25) is 0 Å². The van der Waals surface area contributed by atoms with E-state index >= 15 is 0 Å². The van der Waals surface area contributed by atoms with Crippen molar-refractivity contribution in [3.8, 4) is 0 Å². The molecule has 1 unspecified atom stereocenters. The highest BCUT2D eigenvalue weighted by Crippen LogP contribution is 2.35. The van der Waals surface area contributed by atoms with Crippen LogP contribution in [0, 0.1) is 11.3 Å². The van der Waals surface area contributed by atoms with Crippen LogP contribution < -0.4 is 0 Å². The predicted molar refractivity (Wildman–Crippen MR) is 84.3 cm³/mol. The van der Waals surface area contributed by atoms with E-state index in [1.807, 2.05) is 20.8 Å². The molecule has 0 saturated heterocycles. The van der Waals surface area contributed by atoms with Crippen molar-refractivity contribution in [3.63, 3.8) is 0 Å². The summed E-state index contributed by atoms with van der Waals surface area (Å²) >= 11 is 0. The van der Waals surface area contributed by atoms with Crippen LogP contribution >= 0.6 is 0 Å². The second-order valence-corrected chi connectivity index (χ2v) is 6.92. The van der Waals surface area contributed by atoms with Crippen molar-refractivity contribution in [1.82, 2.24) is 0 Å². The molecule has 21 heavy (non-hydrogen) atoms. The van der Waals surface area contributed by atoms with Gasteiger partial charge >= 0.3 is 5.97 Å². The SMILES string of the molecule is CCC(CC(=O)OOOC(C)(C)CC)CC(C)(CC)CC. The van der Waals surface area contributed by atoms with Crippen LogP contribution in [-0.2, 0) is 19.6 Å². The third kappa shape index (κ3) is 8.42. The van der Waals surface area contributed by atoms with E-state index in [0.717, 1.165) is 32.1 Å². The van der Waals surface area contributed by atoms with Gasteiger partial charge in [0.1, 0.15) is 5.60 Å². The van der Waals surface area contributed by atoms with Crippen molar-refractivity contribution < 1.29 is 19.6 Å². The number of hydrogen-bond donors (Lipinski definition) is 0. The van der Waals surface area contributed by atoms with Crippen LogP contribution in [-0.4, -0.2) is 11.6 Å². The minimum atomic E-state index is -0.451. The maximum atomic E-state index is 11.8. The lowest BCUT2D eigenvalue weighted by molar-refractivity contribution is -0.517. The average Bonchev–Trinajstić information content (AvgIpc) is 2.46. The second-order valence-electron chi connectivity index (χ2n) is 6.92. The molecule has 0 saturated carbocycles. The van der Waals surface area contributed by atoms with Gasteiger partial charge in [-0.05, 0) is 43.1 Å². The van der Waals surface area contributed by atoms with E-state index in [1.54, 1.807) is 0 Å². The summed E-state index contributed by atoms with van der Waals surface area (Å²) in [5.41, 5.74) is -0.157. The molecule has 0 aliphatic carbocycles. The maximum Gasteiger partial charge on any atom is 0.345 e. The Labute approximate surface area is 130 Å². The number of hydrogen-bond acceptors (Lipinski definition) is 4. The Hall–Kier alpha value is -0.610. The van der Waals surface area contributed by atoms with Crippen molar-refractivity contribution in [3.05, 3.63) is 0 Å². The maximum absolute atomic E-state index is 11.8. The molecule has 4 nitrogen and oxygen atoms in total. The molecular formula is C17H34O4. The van der Waals surface area contributed by atoms with Crippen LogP contribution in [0.15, 0.2) is 0 Å². The molecule has 126 valence electrons. The van der Waals surface area contributed by atoms with Crippen molar-refractivity contribution in [2.45, 2.75) is 92.6 Å². The van der Waals surface area contributed by atoms with Gasteiger partial charge in [0, 0.05) is 0 Å². The summed E-state index contributed by atoms with van der Waals surface area (Å²) in [5, 5.41) is 4.63. The summed E-state index contributed by atoms with van der Waals surface area (Å²) in [6, 6.07) is 0. The van der Waals surface area contributed by atoms with Crippen molar-refractivity contribution in [2.75, 3.05) is 0 Å². The largest absolute Gasteiger partial charge is 0.345 e. The molecule has 0 aliphatic rings. The summed E-state index contributed by atoms with van der Waals surface area (Å²) in [7, 11) is 0. The van der Waals surface area contributed by atoms with E-state index in [4.69, 9.17) is 9.78 Å². The highest BCUT2D eigenvalue weighted by molar-refractivity contribution is 5.68. The van der Waals surface area contributed by atoms with Crippen LogP contribution in [0.1, 0.15) is 87.0 Å². The van der Waals surface area contributed by atoms with Gasteiger partial charge in [-0.1, -0.05) is 53.9 Å². The van der Waals surface area contributed by atoms with Crippen LogP contribution in [0.3, 0.4) is 0 Å². The average molecular weight is 302 g/mol. The Kier molecular flexibility index (Phi) is 9.14. The summed E-state index contributed by atoms with van der Waals surface area (Å²) < 4.78 is 0. The molecule has 0 amide bonds. The van der Waals surface area contributed by atoms with E-state index in [1.165, 1.54) is 0 Å². The van der Waals surface area contributed by atoms with Gasteiger partial charge in [-0.15, -0.1) is 0 Å². The lowest BCUT2D eigenvalue weighted by Gasteiger charge is -2.30. The molecule has 0 aliphatic heterocycles. The van der Waals surface area contributed by atoms with E-state index in [0.29, 0.717) is 17.8 Å². The third-order valence-electron chi connectivity index (χ3n) is 4.76. The monoisotopic (exact) mass is 302 g/mol. The molecule has 0 spiro atoms. The first kappa shape index (κ1) is 20.4. The number of carbonyl (C=O) groups excluding carboxylic acids is 1. The standard InChI is InChI=1S/C17H34O4/c1-8-14(13-17(7,10-3)11-4)12-15(18)19-21-20-16(5,6)9-2/h14H,8-13H2,1-7H3. The molecule has 0 fully saturated rings. The van der Waals surface area contributed by atoms with Gasteiger partial charge in [0.15, 0.2) is 0 Å². The number of carbonyl (C=O) groups is 1. The molecule has 0 radical (unpaired) electrons. The molecule has 0 heterocycles. The molecular weight excluding hydrogens is 268 g/mol. The Morgan fingerprint density at radius 2 is 1.57 bits per heavy atom. The van der Waals surface area contributed by atoms with Crippen LogP contribution in [0.4, 0.5) is 0 Å². The van der Waals surface area contributed by atoms with Gasteiger partial charge in [0.25, 0.3) is 0 Å². The van der Waals surface area contributed by atoms with E-state index in [-0.39, 0.29) is 5.97 Å². The van der Waals surface area contributed by atoms with Crippen LogP contribution in [0.25, 0.3) is 0 Å². The smallest absolute Gasteiger partial charge is 0.269 e. The van der Waals surface area contributed by atoms with Gasteiger partial charge in [0.05, 0.1) is 6.42 Å². The first-order valence-electron chi connectivity index (χ1n) is 8.27. The molecule has 0 aromatic heterocycles. The second kappa shape index (κ2) is 9.42. The quantitative estimate of drug-likeness (QED) is 0.388. The lowest BCUT2D eigenvalue weighted by atomic mass is 9.75. The molecule has 0 bridgehead atoms. The Bertz CT molecular complexity index is 295. The predicted octanol–water partition coefficient (Wildman–Crippen LogP) is 5.21. The molecule has 0 rings (SSSR count). The van der Waals surface area contributed by atoms with E-state index in [9.17, 15) is 4.79 Å². The van der Waals surface area contributed by atoms with E-state index < -0.39 is 5.60 Å². The third-order valence-corrected chi connectivity index (χ3v) is 4.76. The van der Waals surface area contributed by atoms with Crippen LogP contribution in [0.5, 0.6) is 0 Å². The first-order valence-corrected chi connectivity index (χ1v) is 8.27. The minimum Gasteiger partial charge on any atom is -0.269 e. The van der Waals surface area contributed by atoms with Gasteiger partial charge in [-0.3, -0.25) is 4.89 Å². The van der Waals surface area contributed by atoms with Crippen molar-refractivity contribution in [2.24, 2.45) is 11.3 Å². The fourth-order valence-electron chi connectivity index (χ4n) is 2.07. The summed E-state index contributed by atoms with van der Waals surface area (Å²) in [6.45, 7) is 14.5. The van der Waals surface area contributed by atoms with Crippen LogP contribution in [0.2, 0.25) is 0 Å². The Morgan fingerprint density at radius 3 is 2.00 bits per heavy atom. The molecule has 4 heteroatoms. The fourth-order valence-corrected chi connectivity index (χ4v) is 2.07. The van der Waals surface area contributed by atoms with Crippen molar-refractivity contribution in [1.29, 1.82) is 0 Å². The molecule has 0 aromatic rings. The molecule has 0 N–H and O–H groups in total. The number of rotatable bonds is 11. The van der Waals surface area contributed by atoms with Gasteiger partial charge < -0.3 is 0 Å². The topological polar surface area (TPSA) is 44.8 Å². The first-order chi connectivity index (χ1) is 9.71. The summed E-state index contributed by atoms with van der Waals surface area (Å²) in [6.07, 6.45) is 5.40. The minimum absolute atomic E-state index is 0.294. The normalized spacial score (nSPS) is 14.0. The zero-order valence-corrected chi connectivity index (χ0v) is 15.0. The van der Waals surface area contributed by atoms with Gasteiger partial charge in [-0.2, -0.15) is 4.89 Å². The Morgan fingerprint density at radius 1 is 1.00 bits per heavy atom. The fraction of sp³-hybridized carbons (Fsp3) is 0.941. The highest BCUT2D eigenvalue weighted by Gasteiger charge is 2.26.